The minimum Gasteiger partial charge on any atom is -0.480 e. The van der Waals surface area contributed by atoms with Gasteiger partial charge in [0.1, 0.15) is 16.7 Å². The Morgan fingerprint density at radius 3 is 2.60 bits per heavy atom. The molecule has 0 aliphatic rings. The zero-order valence-corrected chi connectivity index (χ0v) is 11.6. The molecule has 0 fully saturated rings. The van der Waals surface area contributed by atoms with Crippen LogP contribution in [0.3, 0.4) is 0 Å². The van der Waals surface area contributed by atoms with Gasteiger partial charge in [0.25, 0.3) is 5.56 Å². The predicted molar refractivity (Wildman–Crippen MR) is 72.5 cm³/mol. The number of rotatable bonds is 4. The normalized spacial score (nSPS) is 12.5. The maximum absolute atomic E-state index is 12.4. The third-order valence-electron chi connectivity index (χ3n) is 3.03. The van der Waals surface area contributed by atoms with Crippen molar-refractivity contribution in [3.63, 3.8) is 0 Å². The van der Waals surface area contributed by atoms with Crippen molar-refractivity contribution in [1.29, 1.82) is 0 Å². The highest BCUT2D eigenvalue weighted by molar-refractivity contribution is 7.17. The van der Waals surface area contributed by atoms with Gasteiger partial charge in [-0.1, -0.05) is 6.92 Å². The number of aromatic carboxylic acids is 1. The lowest BCUT2D eigenvalue weighted by molar-refractivity contribution is -0.141. The van der Waals surface area contributed by atoms with Crippen LogP contribution in [0.5, 0.6) is 0 Å². The van der Waals surface area contributed by atoms with Crippen molar-refractivity contribution in [1.82, 2.24) is 9.55 Å². The molecular weight excluding hydrogens is 284 g/mol. The van der Waals surface area contributed by atoms with E-state index in [9.17, 15) is 19.5 Å². The SMILES string of the molecule is CCC(C(=O)O)n1c(C)nc2scc(C(=O)O)c2c1=O. The Morgan fingerprint density at radius 2 is 2.10 bits per heavy atom. The summed E-state index contributed by atoms with van der Waals surface area (Å²) in [5, 5.41) is 19.6. The second kappa shape index (κ2) is 5.04. The van der Waals surface area contributed by atoms with Gasteiger partial charge in [-0.05, 0) is 13.3 Å². The molecule has 0 saturated heterocycles. The molecule has 2 aromatic rings. The number of hydrogen-bond acceptors (Lipinski definition) is 5. The molecule has 0 saturated carbocycles. The Kier molecular flexibility index (Phi) is 3.58. The number of aliphatic carboxylic acids is 1. The van der Waals surface area contributed by atoms with E-state index in [-0.39, 0.29) is 23.2 Å². The minimum atomic E-state index is -1.23. The van der Waals surface area contributed by atoms with Crippen LogP contribution in [-0.4, -0.2) is 31.7 Å². The van der Waals surface area contributed by atoms with Crippen molar-refractivity contribution < 1.29 is 19.8 Å². The van der Waals surface area contributed by atoms with E-state index in [1.165, 1.54) is 12.3 Å². The first kappa shape index (κ1) is 14.2. The summed E-state index contributed by atoms with van der Waals surface area (Å²) >= 11 is 1.05. The van der Waals surface area contributed by atoms with Crippen LogP contribution in [0.15, 0.2) is 10.2 Å². The maximum Gasteiger partial charge on any atom is 0.337 e. The van der Waals surface area contributed by atoms with Gasteiger partial charge in [-0.3, -0.25) is 9.36 Å². The highest BCUT2D eigenvalue weighted by Gasteiger charge is 2.25. The van der Waals surface area contributed by atoms with E-state index in [1.54, 1.807) is 6.92 Å². The van der Waals surface area contributed by atoms with Crippen LogP contribution >= 0.6 is 11.3 Å². The Hall–Kier alpha value is -2.22. The zero-order valence-electron chi connectivity index (χ0n) is 10.8. The van der Waals surface area contributed by atoms with Gasteiger partial charge in [-0.2, -0.15) is 0 Å². The smallest absolute Gasteiger partial charge is 0.337 e. The fourth-order valence-electron chi connectivity index (χ4n) is 2.10. The number of carboxylic acid groups (broad SMARTS) is 2. The monoisotopic (exact) mass is 296 g/mol. The molecule has 0 aromatic carbocycles. The van der Waals surface area contributed by atoms with Crippen molar-refractivity contribution in [3.8, 4) is 0 Å². The molecule has 1 unspecified atom stereocenters. The van der Waals surface area contributed by atoms with Crippen molar-refractivity contribution in [2.45, 2.75) is 26.3 Å². The number of fused-ring (bicyclic) bond motifs is 1. The van der Waals surface area contributed by atoms with Crippen LogP contribution < -0.4 is 5.56 Å². The number of carboxylic acids is 2. The summed E-state index contributed by atoms with van der Waals surface area (Å²) in [6.07, 6.45) is 0.204. The number of carbonyl (C=O) groups is 2. The van der Waals surface area contributed by atoms with E-state index < -0.39 is 23.5 Å². The molecule has 0 radical (unpaired) electrons. The van der Waals surface area contributed by atoms with E-state index in [4.69, 9.17) is 5.11 Å². The molecule has 0 amide bonds. The number of nitrogens with zero attached hydrogens (tertiary/aromatic N) is 2. The first-order valence-electron chi connectivity index (χ1n) is 5.84. The van der Waals surface area contributed by atoms with Crippen LogP contribution in [0.4, 0.5) is 0 Å². The summed E-state index contributed by atoms with van der Waals surface area (Å²) in [4.78, 5) is 39.2. The third-order valence-corrected chi connectivity index (χ3v) is 3.90. The van der Waals surface area contributed by atoms with E-state index in [2.05, 4.69) is 4.98 Å². The highest BCUT2D eigenvalue weighted by Crippen LogP contribution is 2.23. The van der Waals surface area contributed by atoms with Crippen LogP contribution in [-0.2, 0) is 4.79 Å². The Morgan fingerprint density at radius 1 is 1.45 bits per heavy atom. The standard InChI is InChI=1S/C12H12N2O5S/c1-3-7(12(18)19)14-5(2)13-9-8(10(14)15)6(4-20-9)11(16)17/h4,7H,3H2,1-2H3,(H,16,17)(H,18,19). The second-order valence-electron chi connectivity index (χ2n) is 4.23. The minimum absolute atomic E-state index is 0.0344. The zero-order chi connectivity index (χ0) is 15.0. The largest absolute Gasteiger partial charge is 0.480 e. The summed E-state index contributed by atoms with van der Waals surface area (Å²) in [5.41, 5.74) is -0.767. The number of hydrogen-bond donors (Lipinski definition) is 2. The van der Waals surface area contributed by atoms with E-state index in [0.29, 0.717) is 4.83 Å². The Balaban J connectivity index is 2.86. The molecule has 7 nitrogen and oxygen atoms in total. The number of thiophene rings is 1. The van der Waals surface area contributed by atoms with Crippen LogP contribution in [0, 0.1) is 6.92 Å². The molecule has 2 rings (SSSR count). The summed E-state index contributed by atoms with van der Waals surface area (Å²) in [7, 11) is 0. The topological polar surface area (TPSA) is 109 Å². The van der Waals surface area contributed by atoms with Crippen molar-refractivity contribution in [3.05, 3.63) is 27.1 Å². The average molecular weight is 296 g/mol. The third kappa shape index (κ3) is 2.07. The predicted octanol–water partition coefficient (Wildman–Crippen LogP) is 1.50. The van der Waals surface area contributed by atoms with E-state index in [0.717, 1.165) is 15.9 Å². The average Bonchev–Trinajstić information content (AvgIpc) is 2.77. The van der Waals surface area contributed by atoms with Gasteiger partial charge in [0.2, 0.25) is 0 Å². The first-order chi connectivity index (χ1) is 9.38. The summed E-state index contributed by atoms with van der Waals surface area (Å²) in [5.74, 6) is -2.12. The molecule has 106 valence electrons. The van der Waals surface area contributed by atoms with Crippen LogP contribution in [0.2, 0.25) is 0 Å². The van der Waals surface area contributed by atoms with E-state index >= 15 is 0 Å². The molecule has 20 heavy (non-hydrogen) atoms. The van der Waals surface area contributed by atoms with Crippen molar-refractivity contribution in [2.24, 2.45) is 0 Å². The Labute approximate surface area is 117 Å². The molecule has 2 aromatic heterocycles. The molecule has 8 heteroatoms. The van der Waals surface area contributed by atoms with Crippen molar-refractivity contribution in [2.75, 3.05) is 0 Å². The van der Waals surface area contributed by atoms with Crippen molar-refractivity contribution >= 4 is 33.5 Å². The lowest BCUT2D eigenvalue weighted by Crippen LogP contribution is -2.32. The fraction of sp³-hybridized carbons (Fsp3) is 0.333. The van der Waals surface area contributed by atoms with Crippen LogP contribution in [0.25, 0.3) is 10.2 Å². The maximum atomic E-state index is 12.4. The lowest BCUT2D eigenvalue weighted by Gasteiger charge is -2.16. The summed E-state index contributed by atoms with van der Waals surface area (Å²) in [6, 6.07) is -1.05. The van der Waals surface area contributed by atoms with E-state index in [1.807, 2.05) is 0 Å². The summed E-state index contributed by atoms with van der Waals surface area (Å²) in [6.45, 7) is 3.17. The molecule has 0 aliphatic heterocycles. The van der Waals surface area contributed by atoms with Gasteiger partial charge in [0.05, 0.1) is 10.9 Å². The van der Waals surface area contributed by atoms with Gasteiger partial charge in [-0.25, -0.2) is 14.6 Å². The first-order valence-corrected chi connectivity index (χ1v) is 6.72. The van der Waals surface area contributed by atoms with Gasteiger partial charge in [-0.15, -0.1) is 11.3 Å². The highest BCUT2D eigenvalue weighted by atomic mass is 32.1. The summed E-state index contributed by atoms with van der Waals surface area (Å²) < 4.78 is 1.05. The second-order valence-corrected chi connectivity index (χ2v) is 5.09. The molecular formula is C12H12N2O5S. The molecule has 0 spiro atoms. The molecule has 2 heterocycles. The molecule has 2 N–H and O–H groups in total. The van der Waals surface area contributed by atoms with Gasteiger partial charge in [0, 0.05) is 5.38 Å². The molecule has 1 atom stereocenters. The Bertz CT molecular complexity index is 761. The van der Waals surface area contributed by atoms with Gasteiger partial charge >= 0.3 is 11.9 Å². The lowest BCUT2D eigenvalue weighted by atomic mass is 10.2. The quantitative estimate of drug-likeness (QED) is 0.884. The van der Waals surface area contributed by atoms with Crippen LogP contribution in [0.1, 0.15) is 35.6 Å². The number of aromatic nitrogens is 2. The van der Waals surface area contributed by atoms with Gasteiger partial charge in [0.15, 0.2) is 0 Å². The molecule has 0 bridgehead atoms. The fourth-order valence-corrected chi connectivity index (χ4v) is 3.05. The number of aryl methyl sites for hydroxylation is 1. The van der Waals surface area contributed by atoms with Gasteiger partial charge < -0.3 is 10.2 Å². The molecule has 0 aliphatic carbocycles.